The minimum Gasteiger partial charge on any atom is -0.449 e. The van der Waals surface area contributed by atoms with Crippen LogP contribution in [0.3, 0.4) is 0 Å². The van der Waals surface area contributed by atoms with Crippen molar-refractivity contribution in [1.29, 1.82) is 0 Å². The molecule has 1 aliphatic rings. The van der Waals surface area contributed by atoms with Gasteiger partial charge in [0, 0.05) is 33.2 Å². The Balaban J connectivity index is 1.26. The SMILES string of the molecule is c1ccc(-c2cc(-c3ccccc3)nc(-c3cccc(-n4c5ccccc5c5ccc6c(c54)Oc4ccccc4O6)c3)n2)cc1. The molecule has 3 heterocycles. The second-order valence-electron chi connectivity index (χ2n) is 11.0. The van der Waals surface area contributed by atoms with Gasteiger partial charge in [-0.1, -0.05) is 103 Å². The van der Waals surface area contributed by atoms with Gasteiger partial charge in [-0.2, -0.15) is 0 Å². The average molecular weight is 580 g/mol. The number of nitrogens with zero attached hydrogens (tertiary/aromatic N) is 3. The van der Waals surface area contributed by atoms with Crippen molar-refractivity contribution in [2.45, 2.75) is 0 Å². The molecule has 0 saturated heterocycles. The number of fused-ring (bicyclic) bond motifs is 6. The van der Waals surface area contributed by atoms with Crippen molar-refractivity contribution in [2.24, 2.45) is 0 Å². The van der Waals surface area contributed by atoms with E-state index in [1.54, 1.807) is 0 Å². The van der Waals surface area contributed by atoms with Gasteiger partial charge in [-0.15, -0.1) is 0 Å². The minimum atomic E-state index is 0.661. The quantitative estimate of drug-likeness (QED) is 0.208. The molecule has 9 rings (SSSR count). The first kappa shape index (κ1) is 25.3. The summed E-state index contributed by atoms with van der Waals surface area (Å²) in [5.74, 6) is 3.45. The fraction of sp³-hybridized carbons (Fsp3) is 0. The number of hydrogen-bond donors (Lipinski definition) is 0. The normalized spacial score (nSPS) is 11.9. The molecule has 0 spiro atoms. The molecule has 0 aliphatic carbocycles. The molecule has 0 fully saturated rings. The molecule has 8 aromatic rings. The fourth-order valence-corrected chi connectivity index (χ4v) is 6.18. The number of hydrogen-bond acceptors (Lipinski definition) is 4. The summed E-state index contributed by atoms with van der Waals surface area (Å²) < 4.78 is 15.1. The average Bonchev–Trinajstić information content (AvgIpc) is 3.46. The van der Waals surface area contributed by atoms with Gasteiger partial charge in [-0.05, 0) is 48.5 Å². The smallest absolute Gasteiger partial charge is 0.194 e. The molecule has 2 aromatic heterocycles. The Hall–Kier alpha value is -6.20. The Morgan fingerprint density at radius 2 is 1.07 bits per heavy atom. The molecule has 212 valence electrons. The van der Waals surface area contributed by atoms with E-state index >= 15 is 0 Å². The number of aromatic nitrogens is 3. The molecule has 0 saturated carbocycles. The monoisotopic (exact) mass is 579 g/mol. The second-order valence-corrected chi connectivity index (χ2v) is 11.0. The van der Waals surface area contributed by atoms with Crippen LogP contribution in [0.25, 0.3) is 61.4 Å². The summed E-state index contributed by atoms with van der Waals surface area (Å²) in [6, 6.07) is 51.3. The van der Waals surface area contributed by atoms with Gasteiger partial charge in [0.25, 0.3) is 0 Å². The maximum absolute atomic E-state index is 6.56. The van der Waals surface area contributed by atoms with Gasteiger partial charge in [0.05, 0.1) is 16.9 Å². The Kier molecular flexibility index (Phi) is 5.74. The summed E-state index contributed by atoms with van der Waals surface area (Å²) in [4.78, 5) is 10.2. The standard InChI is InChI=1S/C40H25N3O2/c1-3-12-26(13-4-1)32-25-33(27-14-5-2-6-15-27)42-40(41-32)28-16-11-17-29(24-28)43-34-19-8-7-18-30(34)31-22-23-37-39(38(31)43)45-36-21-10-9-20-35(36)44-37/h1-25H. The highest BCUT2D eigenvalue weighted by molar-refractivity contribution is 6.12. The van der Waals surface area contributed by atoms with Gasteiger partial charge in [0.2, 0.25) is 0 Å². The number of ether oxygens (including phenoxy) is 2. The van der Waals surface area contributed by atoms with Crippen LogP contribution in [-0.4, -0.2) is 14.5 Å². The summed E-state index contributed by atoms with van der Waals surface area (Å²) in [6.45, 7) is 0. The zero-order valence-electron chi connectivity index (χ0n) is 24.1. The molecule has 0 N–H and O–H groups in total. The third-order valence-corrected chi connectivity index (χ3v) is 8.26. The van der Waals surface area contributed by atoms with Gasteiger partial charge in [-0.3, -0.25) is 0 Å². The molecular weight excluding hydrogens is 554 g/mol. The molecule has 0 atom stereocenters. The molecular formula is C40H25N3O2. The zero-order valence-corrected chi connectivity index (χ0v) is 24.1. The van der Waals surface area contributed by atoms with Crippen LogP contribution in [-0.2, 0) is 0 Å². The van der Waals surface area contributed by atoms with Crippen LogP contribution < -0.4 is 9.47 Å². The molecule has 45 heavy (non-hydrogen) atoms. The summed E-state index contributed by atoms with van der Waals surface area (Å²) in [6.07, 6.45) is 0. The number of rotatable bonds is 4. The highest BCUT2D eigenvalue weighted by atomic mass is 16.6. The Labute approximate surface area is 259 Å². The van der Waals surface area contributed by atoms with Crippen LogP contribution in [0.1, 0.15) is 0 Å². The van der Waals surface area contributed by atoms with Crippen molar-refractivity contribution in [2.75, 3.05) is 0 Å². The van der Waals surface area contributed by atoms with Gasteiger partial charge in [0.1, 0.15) is 5.52 Å². The third kappa shape index (κ3) is 4.25. The highest BCUT2D eigenvalue weighted by Gasteiger charge is 2.25. The molecule has 0 bridgehead atoms. The van der Waals surface area contributed by atoms with Crippen molar-refractivity contribution >= 4 is 21.8 Å². The Morgan fingerprint density at radius 1 is 0.444 bits per heavy atom. The van der Waals surface area contributed by atoms with Gasteiger partial charge in [0.15, 0.2) is 28.8 Å². The highest BCUT2D eigenvalue weighted by Crippen LogP contribution is 2.50. The van der Waals surface area contributed by atoms with Crippen LogP contribution in [0.4, 0.5) is 0 Å². The van der Waals surface area contributed by atoms with Crippen LogP contribution in [0.15, 0.2) is 152 Å². The number of para-hydroxylation sites is 3. The summed E-state index contributed by atoms with van der Waals surface area (Å²) in [5.41, 5.74) is 7.75. The van der Waals surface area contributed by atoms with Crippen molar-refractivity contribution in [3.05, 3.63) is 152 Å². The maximum Gasteiger partial charge on any atom is 0.194 e. The van der Waals surface area contributed by atoms with Crippen LogP contribution in [0, 0.1) is 0 Å². The van der Waals surface area contributed by atoms with Gasteiger partial charge < -0.3 is 14.0 Å². The minimum absolute atomic E-state index is 0.661. The van der Waals surface area contributed by atoms with Crippen molar-refractivity contribution in [3.63, 3.8) is 0 Å². The Bertz CT molecular complexity index is 2320. The van der Waals surface area contributed by atoms with E-state index in [9.17, 15) is 0 Å². The summed E-state index contributed by atoms with van der Waals surface area (Å²) >= 11 is 0. The molecule has 0 unspecified atom stereocenters. The van der Waals surface area contributed by atoms with E-state index in [4.69, 9.17) is 19.4 Å². The summed E-state index contributed by atoms with van der Waals surface area (Å²) in [5, 5.41) is 2.23. The van der Waals surface area contributed by atoms with E-state index in [1.165, 1.54) is 0 Å². The van der Waals surface area contributed by atoms with Gasteiger partial charge in [-0.25, -0.2) is 9.97 Å². The van der Waals surface area contributed by atoms with Crippen molar-refractivity contribution in [1.82, 2.24) is 14.5 Å². The van der Waals surface area contributed by atoms with E-state index in [0.29, 0.717) is 28.8 Å². The molecule has 0 amide bonds. The maximum atomic E-state index is 6.56. The van der Waals surface area contributed by atoms with E-state index in [1.807, 2.05) is 66.7 Å². The van der Waals surface area contributed by atoms with Crippen LogP contribution in [0.5, 0.6) is 23.0 Å². The predicted octanol–water partition coefficient (Wildman–Crippen LogP) is 10.5. The van der Waals surface area contributed by atoms with E-state index in [0.717, 1.165) is 55.6 Å². The molecule has 6 aromatic carbocycles. The predicted molar refractivity (Wildman–Crippen MR) is 179 cm³/mol. The lowest BCUT2D eigenvalue weighted by atomic mass is 10.1. The van der Waals surface area contributed by atoms with Crippen molar-refractivity contribution in [3.8, 4) is 62.6 Å². The molecule has 5 heteroatoms. The lowest BCUT2D eigenvalue weighted by molar-refractivity contribution is 0.362. The Morgan fingerprint density at radius 3 is 1.80 bits per heavy atom. The third-order valence-electron chi connectivity index (χ3n) is 8.26. The van der Waals surface area contributed by atoms with E-state index in [-0.39, 0.29) is 0 Å². The first-order chi connectivity index (χ1) is 22.3. The van der Waals surface area contributed by atoms with Crippen LogP contribution >= 0.6 is 0 Å². The van der Waals surface area contributed by atoms with E-state index in [2.05, 4.69) is 89.5 Å². The fourth-order valence-electron chi connectivity index (χ4n) is 6.18. The molecule has 1 aliphatic heterocycles. The lowest BCUT2D eigenvalue weighted by Gasteiger charge is -2.22. The zero-order chi connectivity index (χ0) is 29.7. The van der Waals surface area contributed by atoms with Crippen molar-refractivity contribution < 1.29 is 9.47 Å². The number of benzene rings is 6. The topological polar surface area (TPSA) is 49.2 Å². The van der Waals surface area contributed by atoms with Gasteiger partial charge >= 0.3 is 0 Å². The van der Waals surface area contributed by atoms with Crippen LogP contribution in [0.2, 0.25) is 0 Å². The lowest BCUT2D eigenvalue weighted by Crippen LogP contribution is -2.02. The first-order valence-corrected chi connectivity index (χ1v) is 14.9. The van der Waals surface area contributed by atoms with E-state index < -0.39 is 0 Å². The molecule has 5 nitrogen and oxygen atoms in total. The summed E-state index contributed by atoms with van der Waals surface area (Å²) in [7, 11) is 0. The largest absolute Gasteiger partial charge is 0.449 e. The second kappa shape index (κ2) is 10.2. The molecule has 0 radical (unpaired) electrons. The first-order valence-electron chi connectivity index (χ1n) is 14.9.